The number of nitrogen functional groups attached to an aromatic ring is 1. The van der Waals surface area contributed by atoms with E-state index in [-0.39, 0.29) is 18.1 Å². The number of para-hydroxylation sites is 1. The van der Waals surface area contributed by atoms with Gasteiger partial charge in [0.1, 0.15) is 0 Å². The standard InChI is InChI=1S/C20H26N2O3/c1-12-3-2-4-16(18(12)21)19(24)25-11-17(23)22-20-8-13-5-14(9-20)7-15(6-13)10-20/h2-4,13-15H,5-11,21H2,1H3,(H,22,23). The van der Waals surface area contributed by atoms with Crippen LogP contribution in [0.4, 0.5) is 5.69 Å². The maximum absolute atomic E-state index is 12.4. The van der Waals surface area contributed by atoms with Gasteiger partial charge in [-0.05, 0) is 74.8 Å². The van der Waals surface area contributed by atoms with E-state index in [4.69, 9.17) is 10.5 Å². The van der Waals surface area contributed by atoms with E-state index in [1.165, 1.54) is 19.3 Å². The van der Waals surface area contributed by atoms with Crippen molar-refractivity contribution in [2.75, 3.05) is 12.3 Å². The first-order valence-electron chi connectivity index (χ1n) is 9.27. The van der Waals surface area contributed by atoms with Crippen LogP contribution in [0.5, 0.6) is 0 Å². The second-order valence-corrected chi connectivity index (χ2v) is 8.36. The lowest BCUT2D eigenvalue weighted by molar-refractivity contribution is -0.130. The first kappa shape index (κ1) is 16.4. The smallest absolute Gasteiger partial charge is 0.340 e. The summed E-state index contributed by atoms with van der Waals surface area (Å²) in [5, 5.41) is 3.21. The largest absolute Gasteiger partial charge is 0.452 e. The van der Waals surface area contributed by atoms with Gasteiger partial charge in [0.15, 0.2) is 6.61 Å². The van der Waals surface area contributed by atoms with Crippen molar-refractivity contribution in [1.82, 2.24) is 5.32 Å². The maximum Gasteiger partial charge on any atom is 0.340 e. The van der Waals surface area contributed by atoms with Crippen LogP contribution in [-0.4, -0.2) is 24.0 Å². The zero-order valence-corrected chi connectivity index (χ0v) is 14.7. The zero-order chi connectivity index (χ0) is 17.6. The molecule has 0 heterocycles. The SMILES string of the molecule is Cc1cccc(C(=O)OCC(=O)NC23CC4CC(CC(C4)C2)C3)c1N. The minimum Gasteiger partial charge on any atom is -0.452 e. The normalized spacial score (nSPS) is 32.4. The molecule has 3 N–H and O–H groups in total. The zero-order valence-electron chi connectivity index (χ0n) is 14.7. The highest BCUT2D eigenvalue weighted by Gasteiger charge is 2.51. The van der Waals surface area contributed by atoms with Crippen molar-refractivity contribution in [3.63, 3.8) is 0 Å². The van der Waals surface area contributed by atoms with E-state index in [0.29, 0.717) is 11.3 Å². The fourth-order valence-corrected chi connectivity index (χ4v) is 5.66. The van der Waals surface area contributed by atoms with Crippen LogP contribution >= 0.6 is 0 Å². The van der Waals surface area contributed by atoms with Gasteiger partial charge < -0.3 is 15.8 Å². The minimum atomic E-state index is -0.540. The van der Waals surface area contributed by atoms with Gasteiger partial charge in [-0.2, -0.15) is 0 Å². The summed E-state index contributed by atoms with van der Waals surface area (Å²) in [7, 11) is 0. The van der Waals surface area contributed by atoms with Gasteiger partial charge in [0.05, 0.1) is 5.56 Å². The molecule has 0 spiro atoms. The van der Waals surface area contributed by atoms with E-state index < -0.39 is 5.97 Å². The van der Waals surface area contributed by atoms with E-state index in [1.807, 2.05) is 13.0 Å². The Bertz CT molecular complexity index is 678. The molecular weight excluding hydrogens is 316 g/mol. The molecule has 1 aromatic rings. The van der Waals surface area contributed by atoms with Crippen molar-refractivity contribution >= 4 is 17.6 Å². The molecule has 5 rings (SSSR count). The second-order valence-electron chi connectivity index (χ2n) is 8.36. The molecule has 0 radical (unpaired) electrons. The van der Waals surface area contributed by atoms with Crippen LogP contribution in [0.15, 0.2) is 18.2 Å². The van der Waals surface area contributed by atoms with Crippen LogP contribution in [0.25, 0.3) is 0 Å². The third-order valence-corrected chi connectivity index (χ3v) is 6.32. The van der Waals surface area contributed by atoms with Crippen LogP contribution in [0.1, 0.15) is 54.4 Å². The van der Waals surface area contributed by atoms with Gasteiger partial charge in [-0.15, -0.1) is 0 Å². The highest BCUT2D eigenvalue weighted by Crippen LogP contribution is 2.55. The Morgan fingerprint density at radius 3 is 2.36 bits per heavy atom. The summed E-state index contributed by atoms with van der Waals surface area (Å²) >= 11 is 0. The number of rotatable bonds is 4. The summed E-state index contributed by atoms with van der Waals surface area (Å²) in [5.41, 5.74) is 7.43. The van der Waals surface area contributed by atoms with Crippen LogP contribution in [0.2, 0.25) is 0 Å². The quantitative estimate of drug-likeness (QED) is 0.651. The molecule has 25 heavy (non-hydrogen) atoms. The van der Waals surface area contributed by atoms with Gasteiger partial charge in [-0.25, -0.2) is 4.79 Å². The minimum absolute atomic E-state index is 0.0550. The molecule has 1 amide bonds. The molecule has 0 unspecified atom stereocenters. The molecule has 134 valence electrons. The van der Waals surface area contributed by atoms with Crippen molar-refractivity contribution in [2.24, 2.45) is 17.8 Å². The molecule has 4 aliphatic rings. The number of hydrogen-bond acceptors (Lipinski definition) is 4. The summed E-state index contributed by atoms with van der Waals surface area (Å²) in [6, 6.07) is 5.23. The third kappa shape index (κ3) is 3.12. The van der Waals surface area contributed by atoms with Crippen molar-refractivity contribution in [3.8, 4) is 0 Å². The molecule has 0 aromatic heterocycles. The number of hydrogen-bond donors (Lipinski definition) is 2. The highest BCUT2D eigenvalue weighted by molar-refractivity contribution is 5.96. The van der Waals surface area contributed by atoms with Gasteiger partial charge in [-0.3, -0.25) is 4.79 Å². The summed E-state index contributed by atoms with van der Waals surface area (Å²) in [4.78, 5) is 24.6. The first-order valence-corrected chi connectivity index (χ1v) is 9.27. The second kappa shape index (κ2) is 6.04. The molecule has 0 saturated heterocycles. The number of amides is 1. The van der Waals surface area contributed by atoms with Crippen LogP contribution in [-0.2, 0) is 9.53 Å². The lowest BCUT2D eigenvalue weighted by Crippen LogP contribution is -2.60. The van der Waals surface area contributed by atoms with Gasteiger partial charge in [0.25, 0.3) is 5.91 Å². The average molecular weight is 342 g/mol. The Hall–Kier alpha value is -2.04. The molecule has 5 nitrogen and oxygen atoms in total. The average Bonchev–Trinajstić information content (AvgIpc) is 2.53. The topological polar surface area (TPSA) is 81.4 Å². The van der Waals surface area contributed by atoms with Crippen LogP contribution < -0.4 is 11.1 Å². The van der Waals surface area contributed by atoms with E-state index in [0.717, 1.165) is 42.6 Å². The van der Waals surface area contributed by atoms with Crippen molar-refractivity contribution < 1.29 is 14.3 Å². The Morgan fingerprint density at radius 1 is 1.16 bits per heavy atom. The van der Waals surface area contributed by atoms with Gasteiger partial charge in [0, 0.05) is 11.2 Å². The molecule has 4 aliphatic carbocycles. The number of anilines is 1. The number of carbonyl (C=O) groups excluding carboxylic acids is 2. The Kier molecular flexibility index (Phi) is 3.97. The molecule has 5 heteroatoms. The van der Waals surface area contributed by atoms with Crippen LogP contribution in [0, 0.1) is 24.7 Å². The molecule has 0 aliphatic heterocycles. The molecule has 4 bridgehead atoms. The predicted molar refractivity (Wildman–Crippen MR) is 94.9 cm³/mol. The number of aryl methyl sites for hydroxylation is 1. The summed E-state index contributed by atoms with van der Waals surface area (Å²) < 4.78 is 5.21. The van der Waals surface area contributed by atoms with Gasteiger partial charge in [0.2, 0.25) is 0 Å². The Balaban J connectivity index is 1.35. The number of nitrogens with one attached hydrogen (secondary N) is 1. The highest BCUT2D eigenvalue weighted by atomic mass is 16.5. The van der Waals surface area contributed by atoms with Gasteiger partial charge in [-0.1, -0.05) is 12.1 Å². The van der Waals surface area contributed by atoms with Gasteiger partial charge >= 0.3 is 5.97 Å². The number of benzene rings is 1. The van der Waals surface area contributed by atoms with Crippen molar-refractivity contribution in [2.45, 2.75) is 51.0 Å². The van der Waals surface area contributed by atoms with Crippen molar-refractivity contribution in [3.05, 3.63) is 29.3 Å². The predicted octanol–water partition coefficient (Wildman–Crippen LogP) is 2.82. The first-order chi connectivity index (χ1) is 11.9. The van der Waals surface area contributed by atoms with E-state index in [9.17, 15) is 9.59 Å². The summed E-state index contributed by atoms with van der Waals surface area (Å²) in [5.74, 6) is 1.56. The summed E-state index contributed by atoms with van der Waals surface area (Å²) in [6.45, 7) is 1.60. The van der Waals surface area contributed by atoms with E-state index in [1.54, 1.807) is 12.1 Å². The van der Waals surface area contributed by atoms with E-state index in [2.05, 4.69) is 5.32 Å². The molecule has 4 fully saturated rings. The van der Waals surface area contributed by atoms with Crippen molar-refractivity contribution in [1.29, 1.82) is 0 Å². The van der Waals surface area contributed by atoms with Crippen LogP contribution in [0.3, 0.4) is 0 Å². The number of esters is 1. The Morgan fingerprint density at radius 2 is 1.76 bits per heavy atom. The van der Waals surface area contributed by atoms with E-state index >= 15 is 0 Å². The molecule has 4 saturated carbocycles. The lowest BCUT2D eigenvalue weighted by Gasteiger charge is -2.56. The number of carbonyl (C=O) groups is 2. The lowest BCUT2D eigenvalue weighted by atomic mass is 9.53. The monoisotopic (exact) mass is 342 g/mol. The molecular formula is C20H26N2O3. The number of ether oxygens (including phenoxy) is 1. The molecule has 1 aromatic carbocycles. The fraction of sp³-hybridized carbons (Fsp3) is 0.600. The fourth-order valence-electron chi connectivity index (χ4n) is 5.66. The summed E-state index contributed by atoms with van der Waals surface area (Å²) in [6.07, 6.45) is 7.25. The molecule has 0 atom stereocenters. The maximum atomic E-state index is 12.4. The third-order valence-electron chi connectivity index (χ3n) is 6.32. The number of nitrogens with two attached hydrogens (primary N) is 1. The Labute approximate surface area is 148 Å².